The minimum absolute atomic E-state index is 0.111. The molecule has 1 N–H and O–H groups in total. The smallest absolute Gasteiger partial charge is 0.0677 e. The molecule has 0 amide bonds. The standard InChI is InChI=1S/C12H12BrClN2/c13-9-4-5-12(10(14)6-9)16-11-3-1-2-8(11)7-15/h4-6,8,11,16H,1-3H2. The van der Waals surface area contributed by atoms with Crippen LogP contribution < -0.4 is 5.32 Å². The van der Waals surface area contributed by atoms with Gasteiger partial charge in [-0.3, -0.25) is 0 Å². The van der Waals surface area contributed by atoms with E-state index in [9.17, 15) is 0 Å². The summed E-state index contributed by atoms with van der Waals surface area (Å²) >= 11 is 9.49. The number of hydrogen-bond donors (Lipinski definition) is 1. The SMILES string of the molecule is N#CC1CCCC1Nc1ccc(Br)cc1Cl. The molecule has 1 fully saturated rings. The molecule has 84 valence electrons. The summed E-state index contributed by atoms with van der Waals surface area (Å²) in [5, 5.41) is 13.1. The lowest BCUT2D eigenvalue weighted by atomic mass is 10.1. The molecule has 2 rings (SSSR count). The Bertz CT molecular complexity index is 428. The van der Waals surface area contributed by atoms with E-state index in [0.717, 1.165) is 29.4 Å². The van der Waals surface area contributed by atoms with Crippen molar-refractivity contribution in [2.24, 2.45) is 5.92 Å². The third-order valence-electron chi connectivity index (χ3n) is 2.95. The van der Waals surface area contributed by atoms with E-state index in [1.165, 1.54) is 0 Å². The van der Waals surface area contributed by atoms with Crippen molar-refractivity contribution >= 4 is 33.2 Å². The van der Waals surface area contributed by atoms with Gasteiger partial charge in [-0.05, 0) is 37.5 Å². The maximum Gasteiger partial charge on any atom is 0.0677 e. The van der Waals surface area contributed by atoms with E-state index in [0.29, 0.717) is 5.02 Å². The molecule has 0 spiro atoms. The summed E-state index contributed by atoms with van der Waals surface area (Å²) < 4.78 is 0.964. The van der Waals surface area contributed by atoms with E-state index >= 15 is 0 Å². The normalized spacial score (nSPS) is 24.1. The number of rotatable bonds is 2. The van der Waals surface area contributed by atoms with Gasteiger partial charge in [0, 0.05) is 10.5 Å². The summed E-state index contributed by atoms with van der Waals surface area (Å²) in [7, 11) is 0. The van der Waals surface area contributed by atoms with E-state index in [2.05, 4.69) is 27.3 Å². The Morgan fingerprint density at radius 1 is 1.44 bits per heavy atom. The maximum absolute atomic E-state index is 9.00. The summed E-state index contributed by atoms with van der Waals surface area (Å²) in [5.74, 6) is 0.111. The van der Waals surface area contributed by atoms with E-state index in [1.807, 2.05) is 18.2 Å². The fraction of sp³-hybridized carbons (Fsp3) is 0.417. The monoisotopic (exact) mass is 298 g/mol. The van der Waals surface area contributed by atoms with Gasteiger partial charge in [-0.15, -0.1) is 0 Å². The van der Waals surface area contributed by atoms with Gasteiger partial charge >= 0.3 is 0 Å². The van der Waals surface area contributed by atoms with Crippen LogP contribution in [-0.4, -0.2) is 6.04 Å². The quantitative estimate of drug-likeness (QED) is 0.888. The van der Waals surface area contributed by atoms with Crippen LogP contribution in [0.2, 0.25) is 5.02 Å². The molecule has 1 aromatic carbocycles. The molecule has 0 heterocycles. The first-order valence-electron chi connectivity index (χ1n) is 5.32. The van der Waals surface area contributed by atoms with Crippen LogP contribution in [0.3, 0.4) is 0 Å². The minimum atomic E-state index is 0.111. The van der Waals surface area contributed by atoms with Crippen LogP contribution in [0.25, 0.3) is 0 Å². The molecule has 1 saturated carbocycles. The molecule has 1 aliphatic rings. The van der Waals surface area contributed by atoms with Crippen LogP contribution in [0, 0.1) is 17.2 Å². The molecule has 2 nitrogen and oxygen atoms in total. The highest BCUT2D eigenvalue weighted by atomic mass is 79.9. The third kappa shape index (κ3) is 2.50. The van der Waals surface area contributed by atoms with Gasteiger partial charge in [0.15, 0.2) is 0 Å². The van der Waals surface area contributed by atoms with E-state index in [4.69, 9.17) is 16.9 Å². The summed E-state index contributed by atoms with van der Waals surface area (Å²) in [6.07, 6.45) is 3.15. The Morgan fingerprint density at radius 2 is 2.25 bits per heavy atom. The van der Waals surface area contributed by atoms with E-state index in [-0.39, 0.29) is 12.0 Å². The second-order valence-electron chi connectivity index (χ2n) is 4.04. The molecule has 0 radical (unpaired) electrons. The lowest BCUT2D eigenvalue weighted by molar-refractivity contribution is 0.630. The number of nitrogens with one attached hydrogen (secondary N) is 1. The first kappa shape index (κ1) is 11.8. The second kappa shape index (κ2) is 5.07. The molecular formula is C12H12BrClN2. The Morgan fingerprint density at radius 3 is 2.94 bits per heavy atom. The summed E-state index contributed by atoms with van der Waals surface area (Å²) in [6, 6.07) is 8.34. The summed E-state index contributed by atoms with van der Waals surface area (Å²) in [6.45, 7) is 0. The zero-order valence-corrected chi connectivity index (χ0v) is 11.1. The zero-order chi connectivity index (χ0) is 11.5. The van der Waals surface area contributed by atoms with Gasteiger partial charge in [0.25, 0.3) is 0 Å². The third-order valence-corrected chi connectivity index (χ3v) is 3.76. The minimum Gasteiger partial charge on any atom is -0.380 e. The molecule has 0 aromatic heterocycles. The molecule has 0 saturated heterocycles. The average Bonchev–Trinajstić information content (AvgIpc) is 2.69. The highest BCUT2D eigenvalue weighted by molar-refractivity contribution is 9.10. The predicted octanol–water partition coefficient (Wildman–Crippen LogP) is 4.21. The number of halogens is 2. The highest BCUT2D eigenvalue weighted by Gasteiger charge is 2.27. The molecule has 1 aromatic rings. The number of nitrogens with zero attached hydrogens (tertiary/aromatic N) is 1. The molecule has 16 heavy (non-hydrogen) atoms. The fourth-order valence-corrected chi connectivity index (χ4v) is 2.82. The van der Waals surface area contributed by atoms with Gasteiger partial charge in [0.05, 0.1) is 22.7 Å². The van der Waals surface area contributed by atoms with Gasteiger partial charge in [0.1, 0.15) is 0 Å². The molecule has 2 unspecified atom stereocenters. The van der Waals surface area contributed by atoms with Crippen molar-refractivity contribution in [2.45, 2.75) is 25.3 Å². The Balaban J connectivity index is 2.12. The van der Waals surface area contributed by atoms with Crippen LogP contribution >= 0.6 is 27.5 Å². The van der Waals surface area contributed by atoms with Gasteiger partial charge < -0.3 is 5.32 Å². The Kier molecular flexibility index (Phi) is 3.73. The lowest BCUT2D eigenvalue weighted by Crippen LogP contribution is -2.22. The second-order valence-corrected chi connectivity index (χ2v) is 5.36. The number of hydrogen-bond acceptors (Lipinski definition) is 2. The largest absolute Gasteiger partial charge is 0.380 e. The van der Waals surface area contributed by atoms with Gasteiger partial charge in [-0.2, -0.15) is 5.26 Å². The van der Waals surface area contributed by atoms with Crippen molar-refractivity contribution < 1.29 is 0 Å². The van der Waals surface area contributed by atoms with Crippen LogP contribution in [0.1, 0.15) is 19.3 Å². The van der Waals surface area contributed by atoms with Crippen LogP contribution in [0.5, 0.6) is 0 Å². The first-order valence-corrected chi connectivity index (χ1v) is 6.49. The first-order chi connectivity index (χ1) is 7.70. The average molecular weight is 300 g/mol. The van der Waals surface area contributed by atoms with Crippen LogP contribution in [0.15, 0.2) is 22.7 Å². The maximum atomic E-state index is 9.00. The number of anilines is 1. The van der Waals surface area contributed by atoms with Crippen molar-refractivity contribution in [3.05, 3.63) is 27.7 Å². The highest BCUT2D eigenvalue weighted by Crippen LogP contribution is 2.31. The van der Waals surface area contributed by atoms with Crippen molar-refractivity contribution in [1.82, 2.24) is 0 Å². The van der Waals surface area contributed by atoms with Crippen molar-refractivity contribution in [3.63, 3.8) is 0 Å². The fourth-order valence-electron chi connectivity index (χ4n) is 2.09. The molecule has 4 heteroatoms. The summed E-state index contributed by atoms with van der Waals surface area (Å²) in [5.41, 5.74) is 0.914. The van der Waals surface area contributed by atoms with E-state index < -0.39 is 0 Å². The molecule has 0 bridgehead atoms. The van der Waals surface area contributed by atoms with Gasteiger partial charge in [-0.25, -0.2) is 0 Å². The number of nitriles is 1. The molecule has 0 aliphatic heterocycles. The van der Waals surface area contributed by atoms with Gasteiger partial charge in [0.2, 0.25) is 0 Å². The lowest BCUT2D eigenvalue weighted by Gasteiger charge is -2.18. The molecule has 1 aliphatic carbocycles. The Hall–Kier alpha value is -0.720. The Labute approximate surface area is 109 Å². The molecular weight excluding hydrogens is 288 g/mol. The van der Waals surface area contributed by atoms with Crippen LogP contribution in [-0.2, 0) is 0 Å². The predicted molar refractivity (Wildman–Crippen MR) is 69.5 cm³/mol. The van der Waals surface area contributed by atoms with Crippen molar-refractivity contribution in [1.29, 1.82) is 5.26 Å². The van der Waals surface area contributed by atoms with Gasteiger partial charge in [-0.1, -0.05) is 27.5 Å². The van der Waals surface area contributed by atoms with Crippen LogP contribution in [0.4, 0.5) is 5.69 Å². The van der Waals surface area contributed by atoms with E-state index in [1.54, 1.807) is 0 Å². The zero-order valence-electron chi connectivity index (χ0n) is 8.71. The topological polar surface area (TPSA) is 35.8 Å². The van der Waals surface area contributed by atoms with Crippen molar-refractivity contribution in [3.8, 4) is 6.07 Å². The summed E-state index contributed by atoms with van der Waals surface area (Å²) in [4.78, 5) is 0. The number of benzene rings is 1. The molecule has 2 atom stereocenters. The van der Waals surface area contributed by atoms with Crippen molar-refractivity contribution in [2.75, 3.05) is 5.32 Å².